The second-order valence-corrected chi connectivity index (χ2v) is 14.8. The highest BCUT2D eigenvalue weighted by molar-refractivity contribution is 7.88. The van der Waals surface area contributed by atoms with Crippen LogP contribution >= 0.6 is 23.2 Å². The number of carbonyl (C=O) groups excluding carboxylic acids is 1. The maximum absolute atomic E-state index is 13.7. The Bertz CT molecular complexity index is 1740. The number of pyridine rings is 1. The summed E-state index contributed by atoms with van der Waals surface area (Å²) in [5.74, 6) is -0.904. The summed E-state index contributed by atoms with van der Waals surface area (Å²) in [6.07, 6.45) is 4.86. The summed E-state index contributed by atoms with van der Waals surface area (Å²) in [6, 6.07) is 8.25. The minimum absolute atomic E-state index is 0.000107. The Morgan fingerprint density at radius 1 is 0.978 bits per heavy atom. The number of halogens is 4. The third-order valence-electron chi connectivity index (χ3n) is 6.58. The van der Waals surface area contributed by atoms with Crippen LogP contribution in [0.5, 0.6) is 17.2 Å². The van der Waals surface area contributed by atoms with E-state index in [9.17, 15) is 30.4 Å². The summed E-state index contributed by atoms with van der Waals surface area (Å²) >= 11 is 12.7. The molecule has 2 atom stereocenters. The molecule has 0 amide bonds. The summed E-state index contributed by atoms with van der Waals surface area (Å²) in [4.78, 5) is 17.6. The molecule has 1 N–H and O–H groups in total. The summed E-state index contributed by atoms with van der Waals surface area (Å²) in [7, 11) is -7.72. The summed E-state index contributed by atoms with van der Waals surface area (Å²) in [6.45, 7) is -2.85. The first-order valence-corrected chi connectivity index (χ1v) is 18.2. The van der Waals surface area contributed by atoms with E-state index >= 15 is 0 Å². The molecule has 3 aromatic rings. The largest absolute Gasteiger partial charge is 0.489 e. The van der Waals surface area contributed by atoms with E-state index in [1.54, 1.807) is 0 Å². The van der Waals surface area contributed by atoms with Crippen molar-refractivity contribution in [3.63, 3.8) is 0 Å². The molecule has 0 unspecified atom stereocenters. The van der Waals surface area contributed by atoms with Gasteiger partial charge in [-0.05, 0) is 66.1 Å². The molecule has 1 saturated carbocycles. The van der Waals surface area contributed by atoms with Gasteiger partial charge in [0.2, 0.25) is 10.0 Å². The van der Waals surface area contributed by atoms with Gasteiger partial charge in [0.25, 0.3) is 0 Å². The number of hydrogen-bond donors (Lipinski definition) is 1. The Morgan fingerprint density at radius 2 is 1.63 bits per heavy atom. The number of sulfonamides is 1. The minimum Gasteiger partial charge on any atom is -0.489 e. The number of nitrogens with one attached hydrogen (secondary N) is 1. The molecule has 0 aliphatic heterocycles. The lowest BCUT2D eigenvalue weighted by Crippen LogP contribution is -2.43. The van der Waals surface area contributed by atoms with Gasteiger partial charge in [0.1, 0.15) is 17.9 Å². The zero-order valence-electron chi connectivity index (χ0n) is 24.5. The minimum atomic E-state index is -3.94. The number of hydrogen-bond acceptors (Lipinski definition) is 10. The molecule has 1 fully saturated rings. The SMILES string of the molecule is CS(=O)(=O)N[C@@H](Cc1ccc(OS(C)(=O)=O)cc1)C(=O)O[C@@H](Cc1c(Cl)cncc1Cl)c1ccc(OC(F)F)c(OCC2CC2)c1. The molecule has 0 bridgehead atoms. The van der Waals surface area contributed by atoms with Crippen LogP contribution in [0.25, 0.3) is 0 Å². The van der Waals surface area contributed by atoms with E-state index in [4.69, 9.17) is 36.9 Å². The standard InChI is InChI=1S/C29H30Cl2F2N2O9S2/c1-45(37,38)35-24(11-17-5-8-20(9-6-17)44-46(2,39)40)28(36)42-26(13-21-22(30)14-34-15-23(21)31)19-7-10-25(43-29(32)33)27(12-19)41-16-18-3-4-18/h5-10,12,14-15,18,24,26,29,35H,3-4,11,13,16H2,1-2H3/t24-,26-/m0/s1. The number of esters is 1. The highest BCUT2D eigenvalue weighted by Crippen LogP contribution is 2.38. The highest BCUT2D eigenvalue weighted by atomic mass is 35.5. The Hall–Kier alpha value is -3.24. The predicted molar refractivity (Wildman–Crippen MR) is 165 cm³/mol. The maximum atomic E-state index is 13.7. The molecule has 0 radical (unpaired) electrons. The van der Waals surface area contributed by atoms with Crippen LogP contribution in [-0.2, 0) is 42.5 Å². The third kappa shape index (κ3) is 11.2. The zero-order valence-corrected chi connectivity index (χ0v) is 27.6. The van der Waals surface area contributed by atoms with E-state index < -0.39 is 44.9 Å². The van der Waals surface area contributed by atoms with E-state index in [1.807, 2.05) is 0 Å². The van der Waals surface area contributed by atoms with Gasteiger partial charge in [-0.15, -0.1) is 0 Å². The molecule has 4 rings (SSSR count). The van der Waals surface area contributed by atoms with Gasteiger partial charge in [-0.1, -0.05) is 41.4 Å². The number of carbonyl (C=O) groups is 1. The molecule has 1 aliphatic carbocycles. The monoisotopic (exact) mass is 722 g/mol. The van der Waals surface area contributed by atoms with Crippen molar-refractivity contribution in [1.29, 1.82) is 0 Å². The van der Waals surface area contributed by atoms with Gasteiger partial charge >= 0.3 is 22.7 Å². The Balaban J connectivity index is 1.67. The Kier molecular flexibility index (Phi) is 11.7. The first-order valence-electron chi connectivity index (χ1n) is 13.7. The maximum Gasteiger partial charge on any atom is 0.387 e. The van der Waals surface area contributed by atoms with Crippen molar-refractivity contribution in [1.82, 2.24) is 9.71 Å². The van der Waals surface area contributed by atoms with E-state index in [0.29, 0.717) is 16.7 Å². The molecular weight excluding hydrogens is 693 g/mol. The van der Waals surface area contributed by atoms with Crippen LogP contribution in [0.4, 0.5) is 8.78 Å². The van der Waals surface area contributed by atoms with E-state index in [1.165, 1.54) is 54.9 Å². The van der Waals surface area contributed by atoms with Crippen molar-refractivity contribution in [3.05, 3.63) is 81.6 Å². The van der Waals surface area contributed by atoms with Crippen LogP contribution in [0.1, 0.15) is 35.6 Å². The van der Waals surface area contributed by atoms with Crippen LogP contribution in [0, 0.1) is 5.92 Å². The van der Waals surface area contributed by atoms with Crippen LogP contribution < -0.4 is 18.4 Å². The molecule has 1 aromatic heterocycles. The number of ether oxygens (including phenoxy) is 3. The molecule has 1 aliphatic rings. The molecular formula is C29H30Cl2F2N2O9S2. The molecule has 0 spiro atoms. The van der Waals surface area contributed by atoms with Crippen molar-refractivity contribution >= 4 is 49.3 Å². The van der Waals surface area contributed by atoms with Gasteiger partial charge in [-0.3, -0.25) is 9.78 Å². The topological polar surface area (TPSA) is 147 Å². The lowest BCUT2D eigenvalue weighted by molar-refractivity contribution is -0.151. The van der Waals surface area contributed by atoms with Crippen molar-refractivity contribution in [2.45, 2.75) is 44.4 Å². The average molecular weight is 724 g/mol. The van der Waals surface area contributed by atoms with Crippen molar-refractivity contribution in [3.8, 4) is 17.2 Å². The smallest absolute Gasteiger partial charge is 0.387 e. The van der Waals surface area contributed by atoms with Crippen LogP contribution in [0.3, 0.4) is 0 Å². The van der Waals surface area contributed by atoms with E-state index in [-0.39, 0.29) is 52.7 Å². The quantitative estimate of drug-likeness (QED) is 0.156. The number of benzene rings is 2. The molecule has 0 saturated heterocycles. The Labute approximate surface area is 275 Å². The highest BCUT2D eigenvalue weighted by Gasteiger charge is 2.30. The second kappa shape index (κ2) is 15.1. The number of nitrogens with zero attached hydrogens (tertiary/aromatic N) is 1. The number of rotatable bonds is 16. The Morgan fingerprint density at radius 3 is 2.20 bits per heavy atom. The van der Waals surface area contributed by atoms with Crippen molar-refractivity contribution in [2.24, 2.45) is 5.92 Å². The van der Waals surface area contributed by atoms with Gasteiger partial charge in [0.15, 0.2) is 11.5 Å². The summed E-state index contributed by atoms with van der Waals surface area (Å²) < 4.78 is 97.0. The molecule has 2 aromatic carbocycles. The zero-order chi connectivity index (χ0) is 33.6. The van der Waals surface area contributed by atoms with Crippen LogP contribution in [-0.4, -0.2) is 59.6 Å². The lowest BCUT2D eigenvalue weighted by Gasteiger charge is -2.24. The first kappa shape index (κ1) is 35.6. The third-order valence-corrected chi connectivity index (χ3v) is 8.44. The van der Waals surface area contributed by atoms with E-state index in [2.05, 4.69) is 14.4 Å². The molecule has 11 nitrogen and oxygen atoms in total. The van der Waals surface area contributed by atoms with Gasteiger partial charge in [-0.25, -0.2) is 13.1 Å². The summed E-state index contributed by atoms with van der Waals surface area (Å²) in [5.41, 5.74) is 1.10. The van der Waals surface area contributed by atoms with Crippen LogP contribution in [0.2, 0.25) is 10.0 Å². The number of aromatic nitrogens is 1. The normalized spacial score (nSPS) is 14.8. The molecule has 250 valence electrons. The predicted octanol–water partition coefficient (Wildman–Crippen LogP) is 5.10. The average Bonchev–Trinajstić information content (AvgIpc) is 3.77. The fourth-order valence-corrected chi connectivity index (χ4v) is 5.99. The first-order chi connectivity index (χ1) is 21.6. The second-order valence-electron chi connectivity index (χ2n) is 10.6. The molecule has 46 heavy (non-hydrogen) atoms. The van der Waals surface area contributed by atoms with Gasteiger partial charge in [-0.2, -0.15) is 17.2 Å². The van der Waals surface area contributed by atoms with Gasteiger partial charge in [0.05, 0.1) is 29.2 Å². The van der Waals surface area contributed by atoms with Gasteiger partial charge in [0, 0.05) is 18.8 Å². The van der Waals surface area contributed by atoms with Crippen LogP contribution in [0.15, 0.2) is 54.9 Å². The van der Waals surface area contributed by atoms with Crippen molar-refractivity contribution in [2.75, 3.05) is 19.1 Å². The lowest BCUT2D eigenvalue weighted by atomic mass is 10.0. The van der Waals surface area contributed by atoms with Crippen molar-refractivity contribution < 1.29 is 48.8 Å². The fourth-order valence-electron chi connectivity index (χ4n) is 4.31. The number of alkyl halides is 2. The van der Waals surface area contributed by atoms with E-state index in [0.717, 1.165) is 25.4 Å². The van der Waals surface area contributed by atoms with Gasteiger partial charge < -0.3 is 18.4 Å². The fraction of sp³-hybridized carbons (Fsp3) is 0.379. The molecule has 1 heterocycles. The molecule has 17 heteroatoms. The summed E-state index contributed by atoms with van der Waals surface area (Å²) in [5, 5.41) is 0.331.